The van der Waals surface area contributed by atoms with Crippen molar-refractivity contribution in [1.29, 1.82) is 0 Å². The molecule has 0 aliphatic heterocycles. The van der Waals surface area contributed by atoms with Gasteiger partial charge in [-0.1, -0.05) is 47.5 Å². The van der Waals surface area contributed by atoms with Gasteiger partial charge in [0.1, 0.15) is 4.90 Å². The van der Waals surface area contributed by atoms with Crippen molar-refractivity contribution in [2.45, 2.75) is 4.90 Å². The Morgan fingerprint density at radius 2 is 1.64 bits per heavy atom. The molecule has 0 aromatic heterocycles. The largest absolute Gasteiger partial charge is 0.321 e. The lowest BCUT2D eigenvalue weighted by molar-refractivity contribution is 0.102. The predicted octanol–water partition coefficient (Wildman–Crippen LogP) is 4.65. The summed E-state index contributed by atoms with van der Waals surface area (Å²) >= 11 is 11.8. The van der Waals surface area contributed by atoms with Gasteiger partial charge in [0.05, 0.1) is 15.7 Å². The second kappa shape index (κ2) is 6.65. The molecule has 5 nitrogen and oxygen atoms in total. The Balaban J connectivity index is 2.10. The summed E-state index contributed by atoms with van der Waals surface area (Å²) in [4.78, 5) is 12.2. The lowest BCUT2D eigenvalue weighted by Crippen LogP contribution is -2.13. The molecule has 3 aromatic carbocycles. The van der Waals surface area contributed by atoms with Crippen molar-refractivity contribution >= 4 is 55.7 Å². The first-order valence-electron chi connectivity index (χ1n) is 7.03. The van der Waals surface area contributed by atoms with E-state index in [0.29, 0.717) is 10.4 Å². The van der Waals surface area contributed by atoms with Crippen molar-refractivity contribution in [2.75, 3.05) is 5.32 Å². The number of amides is 1. The Hall–Kier alpha value is -2.12. The maximum Gasteiger partial charge on any atom is 0.295 e. The van der Waals surface area contributed by atoms with Crippen molar-refractivity contribution in [3.63, 3.8) is 0 Å². The molecule has 128 valence electrons. The third-order valence-corrected chi connectivity index (χ3v) is 5.21. The normalized spacial score (nSPS) is 11.5. The molecular weight excluding hydrogens is 385 g/mol. The second-order valence-electron chi connectivity index (χ2n) is 5.22. The van der Waals surface area contributed by atoms with Crippen molar-refractivity contribution in [3.8, 4) is 0 Å². The van der Waals surface area contributed by atoms with E-state index < -0.39 is 16.0 Å². The molecule has 2 N–H and O–H groups in total. The maximum absolute atomic E-state index is 12.5. The van der Waals surface area contributed by atoms with E-state index in [1.54, 1.807) is 24.3 Å². The molecule has 0 aliphatic rings. The Bertz CT molecular complexity index is 1090. The van der Waals surface area contributed by atoms with Crippen LogP contribution < -0.4 is 5.32 Å². The summed E-state index contributed by atoms with van der Waals surface area (Å²) in [5, 5.41) is 3.97. The number of rotatable bonds is 3. The third kappa shape index (κ3) is 3.62. The summed E-state index contributed by atoms with van der Waals surface area (Å²) in [6.07, 6.45) is 0. The zero-order chi connectivity index (χ0) is 18.2. The molecule has 0 fully saturated rings. The molecule has 1 amide bonds. The van der Waals surface area contributed by atoms with E-state index in [-0.39, 0.29) is 26.6 Å². The van der Waals surface area contributed by atoms with Crippen LogP contribution in [0.25, 0.3) is 10.8 Å². The summed E-state index contributed by atoms with van der Waals surface area (Å²) in [7, 11) is -4.45. The second-order valence-corrected chi connectivity index (χ2v) is 7.42. The standard InChI is InChI=1S/C17H11Cl2NO4S/c18-12-8-7-11(9-13(12)19)17(21)20-14-5-1-3-10-4-2-6-15(16(10)14)25(22,23)24/h1-9H,(H,20,21)(H,22,23,24). The van der Waals surface area contributed by atoms with Gasteiger partial charge in [-0.15, -0.1) is 0 Å². The van der Waals surface area contributed by atoms with Crippen LogP contribution in [0.2, 0.25) is 10.0 Å². The fourth-order valence-electron chi connectivity index (χ4n) is 2.46. The van der Waals surface area contributed by atoms with E-state index in [0.717, 1.165) is 0 Å². The minimum atomic E-state index is -4.45. The molecule has 0 atom stereocenters. The number of nitrogens with one attached hydrogen (secondary N) is 1. The summed E-state index contributed by atoms with van der Waals surface area (Å²) in [5.41, 5.74) is 0.512. The minimum Gasteiger partial charge on any atom is -0.321 e. The fraction of sp³-hybridized carbons (Fsp3) is 0. The molecule has 0 saturated heterocycles. The third-order valence-electron chi connectivity index (χ3n) is 3.57. The van der Waals surface area contributed by atoms with E-state index in [9.17, 15) is 17.8 Å². The van der Waals surface area contributed by atoms with Crippen LogP contribution in [0.4, 0.5) is 5.69 Å². The lowest BCUT2D eigenvalue weighted by atomic mass is 10.1. The highest BCUT2D eigenvalue weighted by molar-refractivity contribution is 7.86. The van der Waals surface area contributed by atoms with E-state index in [1.165, 1.54) is 30.3 Å². The number of hydrogen-bond acceptors (Lipinski definition) is 3. The van der Waals surface area contributed by atoms with Gasteiger partial charge >= 0.3 is 0 Å². The zero-order valence-corrected chi connectivity index (χ0v) is 14.9. The molecule has 0 aliphatic carbocycles. The van der Waals surface area contributed by atoms with Gasteiger partial charge in [-0.2, -0.15) is 8.42 Å². The van der Waals surface area contributed by atoms with Crippen LogP contribution in [0.15, 0.2) is 59.5 Å². The van der Waals surface area contributed by atoms with Crippen LogP contribution >= 0.6 is 23.2 Å². The van der Waals surface area contributed by atoms with Gasteiger partial charge in [0.15, 0.2) is 0 Å². The number of anilines is 1. The average Bonchev–Trinajstić information content (AvgIpc) is 2.56. The van der Waals surface area contributed by atoms with Gasteiger partial charge < -0.3 is 5.32 Å². The molecule has 0 radical (unpaired) electrons. The summed E-state index contributed by atoms with van der Waals surface area (Å²) in [5.74, 6) is -0.490. The van der Waals surface area contributed by atoms with Crippen molar-refractivity contribution in [3.05, 3.63) is 70.2 Å². The number of benzene rings is 3. The average molecular weight is 396 g/mol. The van der Waals surface area contributed by atoms with E-state index in [1.807, 2.05) is 0 Å². The highest BCUT2D eigenvalue weighted by Crippen LogP contribution is 2.31. The smallest absolute Gasteiger partial charge is 0.295 e. The quantitative estimate of drug-likeness (QED) is 0.632. The van der Waals surface area contributed by atoms with E-state index in [4.69, 9.17) is 23.2 Å². The number of hydrogen-bond donors (Lipinski definition) is 2. The minimum absolute atomic E-state index is 0.223. The first-order valence-corrected chi connectivity index (χ1v) is 9.22. The predicted molar refractivity (Wildman–Crippen MR) is 98.2 cm³/mol. The Morgan fingerprint density at radius 1 is 0.960 bits per heavy atom. The monoisotopic (exact) mass is 395 g/mol. The first kappa shape index (κ1) is 17.7. The van der Waals surface area contributed by atoms with Gasteiger partial charge in [-0.05, 0) is 35.7 Å². The van der Waals surface area contributed by atoms with E-state index in [2.05, 4.69) is 5.32 Å². The molecular formula is C17H11Cl2NO4S. The highest BCUT2D eigenvalue weighted by atomic mass is 35.5. The first-order chi connectivity index (χ1) is 11.8. The molecule has 25 heavy (non-hydrogen) atoms. The van der Waals surface area contributed by atoms with Gasteiger partial charge in [0.2, 0.25) is 0 Å². The van der Waals surface area contributed by atoms with Crippen molar-refractivity contribution in [1.82, 2.24) is 0 Å². The number of fused-ring (bicyclic) bond motifs is 1. The fourth-order valence-corrected chi connectivity index (χ4v) is 3.49. The van der Waals surface area contributed by atoms with Gasteiger partial charge in [0, 0.05) is 10.9 Å². The maximum atomic E-state index is 12.5. The molecule has 0 saturated carbocycles. The van der Waals surface area contributed by atoms with Gasteiger partial charge in [-0.3, -0.25) is 9.35 Å². The highest BCUT2D eigenvalue weighted by Gasteiger charge is 2.18. The van der Waals surface area contributed by atoms with Gasteiger partial charge in [0.25, 0.3) is 16.0 Å². The Morgan fingerprint density at radius 3 is 2.28 bits per heavy atom. The van der Waals surface area contributed by atoms with Crippen LogP contribution in [0.5, 0.6) is 0 Å². The van der Waals surface area contributed by atoms with Crippen LogP contribution in [0, 0.1) is 0 Å². The lowest BCUT2D eigenvalue weighted by Gasteiger charge is -2.12. The topological polar surface area (TPSA) is 83.5 Å². The number of halogens is 2. The van der Waals surface area contributed by atoms with Crippen LogP contribution in [0.1, 0.15) is 10.4 Å². The Labute approximate surface area is 153 Å². The van der Waals surface area contributed by atoms with Crippen molar-refractivity contribution in [2.24, 2.45) is 0 Å². The molecule has 3 aromatic rings. The molecule has 0 bridgehead atoms. The SMILES string of the molecule is O=C(Nc1cccc2cccc(S(=O)(=O)O)c12)c1ccc(Cl)c(Cl)c1. The van der Waals surface area contributed by atoms with Crippen molar-refractivity contribution < 1.29 is 17.8 Å². The molecule has 3 rings (SSSR count). The molecule has 0 spiro atoms. The summed E-state index contributed by atoms with van der Waals surface area (Å²) in [6, 6.07) is 13.8. The van der Waals surface area contributed by atoms with Crippen LogP contribution in [-0.2, 0) is 10.1 Å². The Kier molecular flexibility index (Phi) is 4.71. The number of carbonyl (C=O) groups is 1. The summed E-state index contributed by atoms with van der Waals surface area (Å²) < 4.78 is 32.8. The number of carbonyl (C=O) groups excluding carboxylic acids is 1. The zero-order valence-electron chi connectivity index (χ0n) is 12.5. The summed E-state index contributed by atoms with van der Waals surface area (Å²) in [6.45, 7) is 0. The van der Waals surface area contributed by atoms with E-state index >= 15 is 0 Å². The molecule has 0 heterocycles. The molecule has 0 unspecified atom stereocenters. The molecule has 8 heteroatoms. The van der Waals surface area contributed by atoms with Crippen LogP contribution in [0.3, 0.4) is 0 Å². The van der Waals surface area contributed by atoms with Gasteiger partial charge in [-0.25, -0.2) is 0 Å². The van der Waals surface area contributed by atoms with Crippen LogP contribution in [-0.4, -0.2) is 18.9 Å².